The Balaban J connectivity index is 0.000000392. The Morgan fingerprint density at radius 2 is 1.74 bits per heavy atom. The van der Waals surface area contributed by atoms with E-state index in [1.54, 1.807) is 0 Å². The molecule has 2 aromatic rings. The van der Waals surface area contributed by atoms with Crippen LogP contribution < -0.4 is 0 Å². The second kappa shape index (κ2) is 11.5. The third-order valence-corrected chi connectivity index (χ3v) is 3.38. The van der Waals surface area contributed by atoms with Crippen molar-refractivity contribution in [2.24, 2.45) is 7.05 Å². The summed E-state index contributed by atoms with van der Waals surface area (Å²) in [6.07, 6.45) is 5.01. The van der Waals surface area contributed by atoms with E-state index in [1.165, 1.54) is 22.4 Å². The number of aryl methyl sites for hydroxylation is 4. The summed E-state index contributed by atoms with van der Waals surface area (Å²) in [6.45, 7) is 16.0. The third kappa shape index (κ3) is 7.14. The van der Waals surface area contributed by atoms with E-state index in [1.807, 2.05) is 45.5 Å². The predicted molar refractivity (Wildman–Crippen MR) is 104 cm³/mol. The molecule has 0 bridgehead atoms. The van der Waals surface area contributed by atoms with Crippen LogP contribution in [0, 0.1) is 13.8 Å². The first kappa shape index (κ1) is 20.9. The maximum atomic E-state index is 4.20. The lowest BCUT2D eigenvalue weighted by Gasteiger charge is -2.01. The largest absolute Gasteiger partial charge is 0.272 e. The van der Waals surface area contributed by atoms with E-state index in [0.717, 1.165) is 12.1 Å². The zero-order valence-corrected chi connectivity index (χ0v) is 15.9. The molecule has 0 saturated carbocycles. The van der Waals surface area contributed by atoms with Crippen LogP contribution in [0.1, 0.15) is 50.2 Å². The molecule has 0 spiro atoms. The van der Waals surface area contributed by atoms with Crippen LogP contribution in [0.15, 0.2) is 49.1 Å². The fourth-order valence-corrected chi connectivity index (χ4v) is 2.14. The summed E-state index contributed by atoms with van der Waals surface area (Å²) in [4.78, 5) is 0. The standard InChI is InChI=1S/C12H14.C7H12N2.C2H6/c1-4-11(5-2)12-8-6-10(3)7-9-12;1-4-7-5-6(2)8-9(7)3;1-2/h4-9H,1H2,2-3H3;5H,4H2,1-3H3;1-2H3/b11-5+;;. The predicted octanol–water partition coefficient (Wildman–Crippen LogP) is 5.90. The van der Waals surface area contributed by atoms with Gasteiger partial charge in [-0.15, -0.1) is 0 Å². The first-order valence-electron chi connectivity index (χ1n) is 8.37. The van der Waals surface area contributed by atoms with Crippen LogP contribution in [0.25, 0.3) is 5.57 Å². The van der Waals surface area contributed by atoms with E-state index < -0.39 is 0 Å². The van der Waals surface area contributed by atoms with Gasteiger partial charge in [0.15, 0.2) is 0 Å². The lowest BCUT2D eigenvalue weighted by atomic mass is 10.0. The number of hydrogen-bond acceptors (Lipinski definition) is 1. The van der Waals surface area contributed by atoms with Gasteiger partial charge in [0.2, 0.25) is 0 Å². The van der Waals surface area contributed by atoms with Crippen LogP contribution in [0.4, 0.5) is 0 Å². The highest BCUT2D eigenvalue weighted by Gasteiger charge is 1.96. The molecule has 0 radical (unpaired) electrons. The van der Waals surface area contributed by atoms with E-state index in [2.05, 4.69) is 61.9 Å². The summed E-state index contributed by atoms with van der Waals surface area (Å²) >= 11 is 0. The van der Waals surface area contributed by atoms with E-state index in [-0.39, 0.29) is 0 Å². The van der Waals surface area contributed by atoms with Gasteiger partial charge >= 0.3 is 0 Å². The topological polar surface area (TPSA) is 17.8 Å². The highest BCUT2D eigenvalue weighted by atomic mass is 15.3. The summed E-state index contributed by atoms with van der Waals surface area (Å²) in [5.74, 6) is 0. The average Bonchev–Trinajstić information content (AvgIpc) is 2.90. The quantitative estimate of drug-likeness (QED) is 0.645. The number of aromatic nitrogens is 2. The van der Waals surface area contributed by atoms with Gasteiger partial charge in [-0.05, 0) is 44.4 Å². The first-order valence-corrected chi connectivity index (χ1v) is 8.37. The minimum atomic E-state index is 1.07. The van der Waals surface area contributed by atoms with Gasteiger partial charge in [0.05, 0.1) is 5.69 Å². The fraction of sp³-hybridized carbons (Fsp3) is 0.381. The molecular weight excluding hydrogens is 280 g/mol. The molecule has 2 heteroatoms. The molecule has 1 heterocycles. The van der Waals surface area contributed by atoms with Crippen molar-refractivity contribution < 1.29 is 0 Å². The maximum absolute atomic E-state index is 4.20. The van der Waals surface area contributed by atoms with Gasteiger partial charge in [-0.1, -0.05) is 69.3 Å². The minimum Gasteiger partial charge on any atom is -0.272 e. The highest BCUT2D eigenvalue weighted by Crippen LogP contribution is 2.15. The summed E-state index contributed by atoms with van der Waals surface area (Å²) < 4.78 is 1.93. The van der Waals surface area contributed by atoms with E-state index in [9.17, 15) is 0 Å². The summed E-state index contributed by atoms with van der Waals surface area (Å²) in [5.41, 5.74) is 6.12. The van der Waals surface area contributed by atoms with Gasteiger partial charge in [-0.25, -0.2) is 0 Å². The zero-order chi connectivity index (χ0) is 17.8. The molecule has 23 heavy (non-hydrogen) atoms. The Morgan fingerprint density at radius 1 is 1.17 bits per heavy atom. The lowest BCUT2D eigenvalue weighted by Crippen LogP contribution is -1.95. The van der Waals surface area contributed by atoms with Crippen molar-refractivity contribution in [1.82, 2.24) is 9.78 Å². The molecule has 1 aromatic heterocycles. The van der Waals surface area contributed by atoms with Crippen molar-refractivity contribution in [2.75, 3.05) is 0 Å². The minimum absolute atomic E-state index is 1.07. The van der Waals surface area contributed by atoms with Crippen LogP contribution in [0.3, 0.4) is 0 Å². The Morgan fingerprint density at radius 3 is 2.04 bits per heavy atom. The summed E-state index contributed by atoms with van der Waals surface area (Å²) in [7, 11) is 1.98. The number of benzene rings is 1. The molecule has 0 aliphatic heterocycles. The molecule has 0 amide bonds. The smallest absolute Gasteiger partial charge is 0.0596 e. The summed E-state index contributed by atoms with van der Waals surface area (Å²) in [6, 6.07) is 10.6. The van der Waals surface area contributed by atoms with Gasteiger partial charge in [-0.2, -0.15) is 5.10 Å². The maximum Gasteiger partial charge on any atom is 0.0596 e. The van der Waals surface area contributed by atoms with Gasteiger partial charge in [-0.3, -0.25) is 4.68 Å². The van der Waals surface area contributed by atoms with Gasteiger partial charge in [0, 0.05) is 12.7 Å². The first-order chi connectivity index (χ1) is 11.0. The van der Waals surface area contributed by atoms with Gasteiger partial charge in [0.25, 0.3) is 0 Å². The molecule has 0 fully saturated rings. The molecule has 126 valence electrons. The number of rotatable bonds is 3. The van der Waals surface area contributed by atoms with Crippen LogP contribution in [-0.4, -0.2) is 9.78 Å². The van der Waals surface area contributed by atoms with E-state index in [0.29, 0.717) is 0 Å². The Kier molecular flexibility index (Phi) is 10.4. The van der Waals surface area contributed by atoms with Crippen molar-refractivity contribution in [3.63, 3.8) is 0 Å². The van der Waals surface area contributed by atoms with Crippen molar-refractivity contribution in [3.05, 3.63) is 71.6 Å². The SMILES string of the molecule is C=C/C(=C\C)c1ccc(C)cc1.CC.CCc1cc(C)nn1C. The van der Waals surface area contributed by atoms with Crippen LogP contribution in [-0.2, 0) is 13.5 Å². The van der Waals surface area contributed by atoms with E-state index in [4.69, 9.17) is 0 Å². The molecule has 0 atom stereocenters. The Hall–Kier alpha value is -2.09. The normalized spacial score (nSPS) is 10.1. The average molecular weight is 313 g/mol. The molecule has 0 N–H and O–H groups in total. The second-order valence-corrected chi connectivity index (χ2v) is 5.07. The van der Waals surface area contributed by atoms with Crippen molar-refractivity contribution >= 4 is 5.57 Å². The molecule has 0 unspecified atom stereocenters. The van der Waals surface area contributed by atoms with Gasteiger partial charge in [0.1, 0.15) is 0 Å². The van der Waals surface area contributed by atoms with Crippen LogP contribution in [0.5, 0.6) is 0 Å². The molecule has 0 saturated heterocycles. The number of hydrogen-bond donors (Lipinski definition) is 0. The van der Waals surface area contributed by atoms with Gasteiger partial charge < -0.3 is 0 Å². The molecule has 1 aromatic carbocycles. The second-order valence-electron chi connectivity index (χ2n) is 5.07. The number of allylic oxidation sites excluding steroid dienone is 3. The van der Waals surface area contributed by atoms with Crippen LogP contribution in [0.2, 0.25) is 0 Å². The monoisotopic (exact) mass is 312 g/mol. The molecule has 0 aliphatic rings. The third-order valence-electron chi connectivity index (χ3n) is 3.38. The summed E-state index contributed by atoms with van der Waals surface area (Å²) in [5, 5.41) is 4.20. The molecule has 0 aliphatic carbocycles. The van der Waals surface area contributed by atoms with Crippen molar-refractivity contribution in [3.8, 4) is 0 Å². The van der Waals surface area contributed by atoms with E-state index >= 15 is 0 Å². The van der Waals surface area contributed by atoms with Crippen molar-refractivity contribution in [1.29, 1.82) is 0 Å². The Labute approximate surface area is 142 Å². The molecule has 2 nitrogen and oxygen atoms in total. The molecule has 2 rings (SSSR count). The lowest BCUT2D eigenvalue weighted by molar-refractivity contribution is 0.711. The zero-order valence-electron chi connectivity index (χ0n) is 15.9. The highest BCUT2D eigenvalue weighted by molar-refractivity contribution is 5.73. The fourth-order valence-electron chi connectivity index (χ4n) is 2.14. The number of nitrogens with zero attached hydrogens (tertiary/aromatic N) is 2. The molecular formula is C21H32N2. The van der Waals surface area contributed by atoms with Crippen LogP contribution >= 0.6 is 0 Å². The Bertz CT molecular complexity index is 601. The van der Waals surface area contributed by atoms with Crippen molar-refractivity contribution in [2.45, 2.75) is 48.0 Å².